The summed E-state index contributed by atoms with van der Waals surface area (Å²) < 4.78 is 0. The second kappa shape index (κ2) is 19.8. The fourth-order valence-electron chi connectivity index (χ4n) is 2.75. The molecule has 0 spiro atoms. The fraction of sp³-hybridized carbons (Fsp3) is 0.625. The molecule has 0 heterocycles. The SMILES string of the molecule is CCCCCC(C=CC=CCC=CCC=CCCCCCC(=O)O)CC. The molecule has 0 amide bonds. The Kier molecular flexibility index (Phi) is 18.6. The molecule has 2 heteroatoms. The lowest BCUT2D eigenvalue weighted by Crippen LogP contribution is -1.93. The van der Waals surface area contributed by atoms with Crippen molar-refractivity contribution in [3.8, 4) is 0 Å². The highest BCUT2D eigenvalue weighted by molar-refractivity contribution is 5.66. The van der Waals surface area contributed by atoms with Crippen molar-refractivity contribution in [3.05, 3.63) is 48.6 Å². The molecule has 1 atom stereocenters. The van der Waals surface area contributed by atoms with E-state index < -0.39 is 5.97 Å². The summed E-state index contributed by atoms with van der Waals surface area (Å²) in [6.07, 6.45) is 30.5. The molecule has 1 N–H and O–H groups in total. The van der Waals surface area contributed by atoms with Gasteiger partial charge in [0.25, 0.3) is 0 Å². The van der Waals surface area contributed by atoms with Gasteiger partial charge in [0.05, 0.1) is 0 Å². The van der Waals surface area contributed by atoms with Gasteiger partial charge in [-0.3, -0.25) is 4.79 Å². The van der Waals surface area contributed by atoms with E-state index in [-0.39, 0.29) is 0 Å². The molecule has 2 nitrogen and oxygen atoms in total. The average molecular weight is 361 g/mol. The van der Waals surface area contributed by atoms with E-state index in [0.29, 0.717) is 6.42 Å². The van der Waals surface area contributed by atoms with E-state index in [1.165, 1.54) is 32.1 Å². The fourth-order valence-corrected chi connectivity index (χ4v) is 2.75. The molecule has 0 saturated heterocycles. The number of rotatable bonds is 17. The van der Waals surface area contributed by atoms with Crippen molar-refractivity contribution in [3.63, 3.8) is 0 Å². The predicted octanol–water partition coefficient (Wildman–Crippen LogP) is 7.63. The zero-order valence-corrected chi connectivity index (χ0v) is 17.0. The topological polar surface area (TPSA) is 37.3 Å². The highest BCUT2D eigenvalue weighted by Crippen LogP contribution is 2.14. The number of hydrogen-bond donors (Lipinski definition) is 1. The summed E-state index contributed by atoms with van der Waals surface area (Å²) >= 11 is 0. The molecule has 148 valence electrons. The quantitative estimate of drug-likeness (QED) is 0.164. The summed E-state index contributed by atoms with van der Waals surface area (Å²) in [5.74, 6) is 0.0448. The van der Waals surface area contributed by atoms with Crippen molar-refractivity contribution in [1.82, 2.24) is 0 Å². The van der Waals surface area contributed by atoms with Crippen LogP contribution in [0.15, 0.2) is 48.6 Å². The van der Waals surface area contributed by atoms with Crippen LogP contribution in [0.2, 0.25) is 0 Å². The second-order valence-electron chi connectivity index (χ2n) is 6.88. The van der Waals surface area contributed by atoms with Gasteiger partial charge < -0.3 is 5.11 Å². The monoisotopic (exact) mass is 360 g/mol. The van der Waals surface area contributed by atoms with Gasteiger partial charge in [-0.2, -0.15) is 0 Å². The van der Waals surface area contributed by atoms with Crippen molar-refractivity contribution < 1.29 is 9.90 Å². The smallest absolute Gasteiger partial charge is 0.303 e. The summed E-state index contributed by atoms with van der Waals surface area (Å²) in [7, 11) is 0. The first-order chi connectivity index (χ1) is 12.7. The Morgan fingerprint density at radius 3 is 2.27 bits per heavy atom. The first-order valence-corrected chi connectivity index (χ1v) is 10.6. The van der Waals surface area contributed by atoms with E-state index in [9.17, 15) is 4.79 Å². The summed E-state index contributed by atoms with van der Waals surface area (Å²) in [5.41, 5.74) is 0. The molecular formula is C24H40O2. The largest absolute Gasteiger partial charge is 0.481 e. The molecule has 0 aromatic carbocycles. The first kappa shape index (κ1) is 24.4. The van der Waals surface area contributed by atoms with E-state index in [2.05, 4.69) is 62.5 Å². The third-order valence-corrected chi connectivity index (χ3v) is 4.47. The molecule has 0 radical (unpaired) electrons. The van der Waals surface area contributed by atoms with Gasteiger partial charge in [-0.1, -0.05) is 88.1 Å². The van der Waals surface area contributed by atoms with E-state index in [1.807, 2.05) is 0 Å². The molecule has 0 aromatic heterocycles. The van der Waals surface area contributed by atoms with Gasteiger partial charge in [-0.15, -0.1) is 0 Å². The minimum Gasteiger partial charge on any atom is -0.481 e. The number of carbonyl (C=O) groups is 1. The molecular weight excluding hydrogens is 320 g/mol. The first-order valence-electron chi connectivity index (χ1n) is 10.6. The van der Waals surface area contributed by atoms with Crippen molar-refractivity contribution in [2.75, 3.05) is 0 Å². The van der Waals surface area contributed by atoms with E-state index in [4.69, 9.17) is 5.11 Å². The number of carboxylic acids is 1. The lowest BCUT2D eigenvalue weighted by atomic mass is 9.98. The van der Waals surface area contributed by atoms with Gasteiger partial charge in [-0.05, 0) is 50.9 Å². The summed E-state index contributed by atoms with van der Waals surface area (Å²) in [6.45, 7) is 4.53. The van der Waals surface area contributed by atoms with Gasteiger partial charge in [0.2, 0.25) is 0 Å². The molecule has 0 saturated carbocycles. The standard InChI is InChI=1S/C24H40O2/c1-3-5-17-20-23(4-2)21-18-15-13-11-9-7-6-8-10-12-14-16-19-22-24(25)26/h7-10,13,15,18,21,23H,3-6,11-12,14,16-17,19-20,22H2,1-2H3,(H,25,26). The molecule has 0 aliphatic rings. The van der Waals surface area contributed by atoms with Crippen LogP contribution in [-0.2, 0) is 4.79 Å². The molecule has 0 fully saturated rings. The van der Waals surface area contributed by atoms with Crippen molar-refractivity contribution >= 4 is 5.97 Å². The zero-order chi connectivity index (χ0) is 19.3. The third kappa shape index (κ3) is 18.8. The van der Waals surface area contributed by atoms with Crippen molar-refractivity contribution in [1.29, 1.82) is 0 Å². The van der Waals surface area contributed by atoms with Crippen LogP contribution in [0.5, 0.6) is 0 Å². The molecule has 26 heavy (non-hydrogen) atoms. The lowest BCUT2D eigenvalue weighted by Gasteiger charge is -2.08. The van der Waals surface area contributed by atoms with Crippen LogP contribution in [0.4, 0.5) is 0 Å². The van der Waals surface area contributed by atoms with Crippen LogP contribution in [0.1, 0.15) is 90.9 Å². The number of unbranched alkanes of at least 4 members (excludes halogenated alkanes) is 5. The van der Waals surface area contributed by atoms with Crippen LogP contribution in [0, 0.1) is 5.92 Å². The molecule has 0 rings (SSSR count). The van der Waals surface area contributed by atoms with Crippen LogP contribution in [0.25, 0.3) is 0 Å². The van der Waals surface area contributed by atoms with Crippen LogP contribution >= 0.6 is 0 Å². The molecule has 1 unspecified atom stereocenters. The molecule has 0 aromatic rings. The van der Waals surface area contributed by atoms with Crippen molar-refractivity contribution in [2.45, 2.75) is 90.9 Å². The van der Waals surface area contributed by atoms with Gasteiger partial charge in [0.1, 0.15) is 0 Å². The Bertz CT molecular complexity index is 429. The van der Waals surface area contributed by atoms with Crippen molar-refractivity contribution in [2.24, 2.45) is 5.92 Å². The summed E-state index contributed by atoms with van der Waals surface area (Å²) in [4.78, 5) is 10.4. The Labute approximate surface area is 161 Å². The highest BCUT2D eigenvalue weighted by Gasteiger charge is 1.99. The number of allylic oxidation sites excluding steroid dienone is 8. The van der Waals surface area contributed by atoms with Gasteiger partial charge in [-0.25, -0.2) is 0 Å². The lowest BCUT2D eigenvalue weighted by molar-refractivity contribution is -0.137. The minimum atomic E-state index is -0.688. The van der Waals surface area contributed by atoms with E-state index >= 15 is 0 Å². The second-order valence-corrected chi connectivity index (χ2v) is 6.88. The molecule has 0 aliphatic carbocycles. The summed E-state index contributed by atoms with van der Waals surface area (Å²) in [5, 5.41) is 8.55. The van der Waals surface area contributed by atoms with E-state index in [0.717, 1.165) is 44.4 Å². The Balaban J connectivity index is 3.63. The van der Waals surface area contributed by atoms with Gasteiger partial charge in [0.15, 0.2) is 0 Å². The maximum Gasteiger partial charge on any atom is 0.303 e. The number of carboxylic acid groups (broad SMARTS) is 1. The zero-order valence-electron chi connectivity index (χ0n) is 17.0. The third-order valence-electron chi connectivity index (χ3n) is 4.47. The average Bonchev–Trinajstić information content (AvgIpc) is 2.63. The van der Waals surface area contributed by atoms with Crippen LogP contribution < -0.4 is 0 Å². The number of hydrogen-bond acceptors (Lipinski definition) is 1. The van der Waals surface area contributed by atoms with E-state index in [1.54, 1.807) is 0 Å². The summed E-state index contributed by atoms with van der Waals surface area (Å²) in [6, 6.07) is 0. The van der Waals surface area contributed by atoms with Crippen LogP contribution in [0.3, 0.4) is 0 Å². The number of aliphatic carboxylic acids is 1. The predicted molar refractivity (Wildman–Crippen MR) is 114 cm³/mol. The maximum atomic E-state index is 10.4. The Morgan fingerprint density at radius 1 is 0.846 bits per heavy atom. The maximum absolute atomic E-state index is 10.4. The molecule has 0 aliphatic heterocycles. The Morgan fingerprint density at radius 2 is 1.58 bits per heavy atom. The molecule has 0 bridgehead atoms. The van der Waals surface area contributed by atoms with Gasteiger partial charge >= 0.3 is 5.97 Å². The highest BCUT2D eigenvalue weighted by atomic mass is 16.4. The van der Waals surface area contributed by atoms with Gasteiger partial charge in [0, 0.05) is 6.42 Å². The Hall–Kier alpha value is -1.57. The minimum absolute atomic E-state index is 0.299. The normalized spacial score (nSPS) is 13.6. The van der Waals surface area contributed by atoms with Crippen LogP contribution in [-0.4, -0.2) is 11.1 Å².